The number of rotatable bonds is 5. The van der Waals surface area contributed by atoms with Crippen LogP contribution in [0.1, 0.15) is 27.2 Å². The van der Waals surface area contributed by atoms with E-state index in [-0.39, 0.29) is 11.7 Å². The summed E-state index contributed by atoms with van der Waals surface area (Å²) in [5, 5.41) is 13.8. The number of hydrogen-bond donors (Lipinski definition) is 1. The SMILES string of the molecule is CC(C)CC(C)Nc1cccc(F)c1[N+](=O)[O-]. The second-order valence-corrected chi connectivity index (χ2v) is 4.57. The summed E-state index contributed by atoms with van der Waals surface area (Å²) < 4.78 is 13.3. The highest BCUT2D eigenvalue weighted by Crippen LogP contribution is 2.28. The maximum absolute atomic E-state index is 13.3. The van der Waals surface area contributed by atoms with Gasteiger partial charge >= 0.3 is 5.69 Å². The molecule has 94 valence electrons. The van der Waals surface area contributed by atoms with E-state index in [2.05, 4.69) is 19.2 Å². The van der Waals surface area contributed by atoms with Gasteiger partial charge in [-0.1, -0.05) is 19.9 Å². The molecule has 1 aromatic rings. The molecule has 0 amide bonds. The molecular formula is C12H17FN2O2. The summed E-state index contributed by atoms with van der Waals surface area (Å²) in [6, 6.07) is 4.15. The highest BCUT2D eigenvalue weighted by molar-refractivity contribution is 5.62. The first-order valence-electron chi connectivity index (χ1n) is 5.61. The Kier molecular flexibility index (Phi) is 4.43. The van der Waals surface area contributed by atoms with Crippen LogP contribution in [0.25, 0.3) is 0 Å². The van der Waals surface area contributed by atoms with Crippen LogP contribution in [0.2, 0.25) is 0 Å². The Morgan fingerprint density at radius 3 is 2.59 bits per heavy atom. The minimum absolute atomic E-state index is 0.0653. The molecule has 1 N–H and O–H groups in total. The van der Waals surface area contributed by atoms with Gasteiger partial charge in [0.2, 0.25) is 5.82 Å². The molecule has 0 aliphatic rings. The van der Waals surface area contributed by atoms with E-state index in [0.717, 1.165) is 12.5 Å². The standard InChI is InChI=1S/C12H17FN2O2/c1-8(2)7-9(3)14-11-6-4-5-10(13)12(11)15(16)17/h4-6,8-9,14H,7H2,1-3H3. The lowest BCUT2D eigenvalue weighted by Gasteiger charge is -2.17. The van der Waals surface area contributed by atoms with Gasteiger partial charge in [0.15, 0.2) is 0 Å². The predicted molar refractivity (Wildman–Crippen MR) is 65.6 cm³/mol. The van der Waals surface area contributed by atoms with Gasteiger partial charge < -0.3 is 5.32 Å². The van der Waals surface area contributed by atoms with Crippen LogP contribution in [0.5, 0.6) is 0 Å². The Morgan fingerprint density at radius 2 is 2.06 bits per heavy atom. The fourth-order valence-corrected chi connectivity index (χ4v) is 1.85. The van der Waals surface area contributed by atoms with Crippen LogP contribution in [0, 0.1) is 21.8 Å². The lowest BCUT2D eigenvalue weighted by atomic mass is 10.0. The number of para-hydroxylation sites is 1. The average Bonchev–Trinajstić information content (AvgIpc) is 2.15. The largest absolute Gasteiger partial charge is 0.377 e. The Hall–Kier alpha value is -1.65. The molecule has 0 radical (unpaired) electrons. The summed E-state index contributed by atoms with van der Waals surface area (Å²) in [5.74, 6) is -0.332. The molecule has 0 heterocycles. The fraction of sp³-hybridized carbons (Fsp3) is 0.500. The highest BCUT2D eigenvalue weighted by atomic mass is 19.1. The van der Waals surface area contributed by atoms with Gasteiger partial charge in [0.25, 0.3) is 0 Å². The molecule has 0 spiro atoms. The van der Waals surface area contributed by atoms with E-state index in [4.69, 9.17) is 0 Å². The number of nitrogens with one attached hydrogen (secondary N) is 1. The first-order valence-corrected chi connectivity index (χ1v) is 5.61. The molecule has 0 saturated heterocycles. The average molecular weight is 240 g/mol. The zero-order chi connectivity index (χ0) is 13.0. The minimum atomic E-state index is -0.809. The first-order chi connectivity index (χ1) is 7.91. The molecule has 17 heavy (non-hydrogen) atoms. The quantitative estimate of drug-likeness (QED) is 0.632. The van der Waals surface area contributed by atoms with Crippen molar-refractivity contribution >= 4 is 11.4 Å². The van der Waals surface area contributed by atoms with Crippen molar-refractivity contribution in [2.45, 2.75) is 33.2 Å². The predicted octanol–water partition coefficient (Wildman–Crippen LogP) is 3.58. The summed E-state index contributed by atoms with van der Waals surface area (Å²) in [5.41, 5.74) is -0.244. The van der Waals surface area contributed by atoms with Gasteiger partial charge in [-0.2, -0.15) is 4.39 Å². The van der Waals surface area contributed by atoms with E-state index in [9.17, 15) is 14.5 Å². The molecule has 1 rings (SSSR count). The molecule has 0 aliphatic heterocycles. The number of halogens is 1. The van der Waals surface area contributed by atoms with Crippen LogP contribution in [-0.4, -0.2) is 11.0 Å². The van der Waals surface area contributed by atoms with Crippen molar-refractivity contribution in [3.63, 3.8) is 0 Å². The topological polar surface area (TPSA) is 55.2 Å². The molecule has 1 aromatic carbocycles. The number of hydrogen-bond acceptors (Lipinski definition) is 3. The van der Waals surface area contributed by atoms with Crippen LogP contribution < -0.4 is 5.32 Å². The highest BCUT2D eigenvalue weighted by Gasteiger charge is 2.20. The first kappa shape index (κ1) is 13.4. The number of nitro benzene ring substituents is 1. The summed E-state index contributed by atoms with van der Waals surface area (Å²) in [4.78, 5) is 10.1. The molecular weight excluding hydrogens is 223 g/mol. The van der Waals surface area contributed by atoms with Crippen LogP contribution in [0.15, 0.2) is 18.2 Å². The van der Waals surface area contributed by atoms with Crippen molar-refractivity contribution in [3.8, 4) is 0 Å². The third kappa shape index (κ3) is 3.69. The monoisotopic (exact) mass is 240 g/mol. The summed E-state index contributed by atoms with van der Waals surface area (Å²) >= 11 is 0. The molecule has 1 unspecified atom stereocenters. The molecule has 0 saturated carbocycles. The molecule has 0 aromatic heterocycles. The fourth-order valence-electron chi connectivity index (χ4n) is 1.85. The maximum atomic E-state index is 13.3. The van der Waals surface area contributed by atoms with Crippen molar-refractivity contribution in [1.29, 1.82) is 0 Å². The van der Waals surface area contributed by atoms with Gasteiger partial charge in [-0.3, -0.25) is 10.1 Å². The molecule has 4 nitrogen and oxygen atoms in total. The van der Waals surface area contributed by atoms with Gasteiger partial charge in [-0.05, 0) is 31.4 Å². The Morgan fingerprint density at radius 1 is 1.41 bits per heavy atom. The second-order valence-electron chi connectivity index (χ2n) is 4.57. The van der Waals surface area contributed by atoms with Gasteiger partial charge in [0.1, 0.15) is 5.69 Å². The maximum Gasteiger partial charge on any atom is 0.327 e. The zero-order valence-electron chi connectivity index (χ0n) is 10.2. The third-order valence-corrected chi connectivity index (χ3v) is 2.40. The summed E-state index contributed by atoms with van der Waals surface area (Å²) in [6.07, 6.45) is 0.869. The second kappa shape index (κ2) is 5.61. The van der Waals surface area contributed by atoms with Crippen molar-refractivity contribution in [2.24, 2.45) is 5.92 Å². The molecule has 0 bridgehead atoms. The Labute approximate surface area is 100.0 Å². The summed E-state index contributed by atoms with van der Waals surface area (Å²) in [7, 11) is 0. The number of nitro groups is 1. The Balaban J connectivity index is 2.91. The normalized spacial score (nSPS) is 12.5. The molecule has 0 aliphatic carbocycles. The number of benzene rings is 1. The third-order valence-electron chi connectivity index (χ3n) is 2.40. The number of nitrogens with zero attached hydrogens (tertiary/aromatic N) is 1. The van der Waals surface area contributed by atoms with E-state index in [1.54, 1.807) is 0 Å². The molecule has 1 atom stereocenters. The zero-order valence-corrected chi connectivity index (χ0v) is 10.2. The number of anilines is 1. The van der Waals surface area contributed by atoms with Crippen LogP contribution in [-0.2, 0) is 0 Å². The van der Waals surface area contributed by atoms with Crippen molar-refractivity contribution in [2.75, 3.05) is 5.32 Å². The van der Waals surface area contributed by atoms with Gasteiger partial charge in [0, 0.05) is 6.04 Å². The van der Waals surface area contributed by atoms with Crippen molar-refractivity contribution < 1.29 is 9.31 Å². The lowest BCUT2D eigenvalue weighted by molar-refractivity contribution is -0.386. The Bertz CT molecular complexity index is 407. The van der Waals surface area contributed by atoms with E-state index in [1.807, 2.05) is 6.92 Å². The van der Waals surface area contributed by atoms with E-state index in [0.29, 0.717) is 5.92 Å². The van der Waals surface area contributed by atoms with Crippen LogP contribution in [0.3, 0.4) is 0 Å². The van der Waals surface area contributed by atoms with Gasteiger partial charge in [0.05, 0.1) is 4.92 Å². The van der Waals surface area contributed by atoms with Crippen molar-refractivity contribution in [3.05, 3.63) is 34.1 Å². The molecule has 5 heteroatoms. The van der Waals surface area contributed by atoms with Gasteiger partial charge in [-0.25, -0.2) is 0 Å². The van der Waals surface area contributed by atoms with E-state index >= 15 is 0 Å². The van der Waals surface area contributed by atoms with E-state index in [1.165, 1.54) is 12.1 Å². The molecule has 0 fully saturated rings. The summed E-state index contributed by atoms with van der Waals surface area (Å²) in [6.45, 7) is 6.06. The van der Waals surface area contributed by atoms with E-state index < -0.39 is 16.4 Å². The minimum Gasteiger partial charge on any atom is -0.377 e. The smallest absolute Gasteiger partial charge is 0.327 e. The lowest BCUT2D eigenvalue weighted by Crippen LogP contribution is -2.18. The van der Waals surface area contributed by atoms with Crippen molar-refractivity contribution in [1.82, 2.24) is 0 Å². The van der Waals surface area contributed by atoms with Crippen LogP contribution >= 0.6 is 0 Å². The van der Waals surface area contributed by atoms with Crippen LogP contribution in [0.4, 0.5) is 15.8 Å². The van der Waals surface area contributed by atoms with Gasteiger partial charge in [-0.15, -0.1) is 0 Å².